The van der Waals surface area contributed by atoms with Crippen LogP contribution in [0.15, 0.2) is 55.0 Å². The summed E-state index contributed by atoms with van der Waals surface area (Å²) in [5.74, 6) is 1.40. The van der Waals surface area contributed by atoms with Crippen LogP contribution in [-0.2, 0) is 0 Å². The van der Waals surface area contributed by atoms with E-state index in [4.69, 9.17) is 0 Å². The molecule has 1 aromatic carbocycles. The van der Waals surface area contributed by atoms with Crippen LogP contribution in [0.25, 0.3) is 22.6 Å². The van der Waals surface area contributed by atoms with E-state index in [1.807, 2.05) is 49.4 Å². The SMILES string of the molecule is Cc1ncnc(-c2cccc(-c3ccccn3)c2)n1. The molecule has 0 bridgehead atoms. The number of nitrogens with zero attached hydrogens (tertiary/aromatic N) is 4. The summed E-state index contributed by atoms with van der Waals surface area (Å²) in [4.78, 5) is 16.9. The van der Waals surface area contributed by atoms with Gasteiger partial charge in [0.2, 0.25) is 0 Å². The Hall–Kier alpha value is -2.62. The van der Waals surface area contributed by atoms with Gasteiger partial charge in [-0.05, 0) is 25.1 Å². The summed E-state index contributed by atoms with van der Waals surface area (Å²) in [5.41, 5.74) is 2.96. The molecule has 0 saturated carbocycles. The first kappa shape index (κ1) is 11.5. The lowest BCUT2D eigenvalue weighted by Gasteiger charge is -2.04. The van der Waals surface area contributed by atoms with Gasteiger partial charge in [0.1, 0.15) is 12.2 Å². The highest BCUT2D eigenvalue weighted by Crippen LogP contribution is 2.22. The first-order chi connectivity index (χ1) is 9.33. The molecule has 3 aromatic rings. The Morgan fingerprint density at radius 3 is 2.53 bits per heavy atom. The van der Waals surface area contributed by atoms with Gasteiger partial charge in [0.15, 0.2) is 5.82 Å². The van der Waals surface area contributed by atoms with Gasteiger partial charge in [0.05, 0.1) is 5.69 Å². The molecule has 4 nitrogen and oxygen atoms in total. The molecule has 0 spiro atoms. The van der Waals surface area contributed by atoms with E-state index in [2.05, 4.69) is 19.9 Å². The highest BCUT2D eigenvalue weighted by atomic mass is 15.0. The third-order valence-electron chi connectivity index (χ3n) is 2.77. The number of hydrogen-bond donors (Lipinski definition) is 0. The van der Waals surface area contributed by atoms with E-state index < -0.39 is 0 Å². The van der Waals surface area contributed by atoms with E-state index in [1.165, 1.54) is 6.33 Å². The van der Waals surface area contributed by atoms with Crippen molar-refractivity contribution in [3.8, 4) is 22.6 Å². The first-order valence-electron chi connectivity index (χ1n) is 6.00. The van der Waals surface area contributed by atoms with E-state index in [9.17, 15) is 0 Å². The Bertz CT molecular complexity index is 695. The van der Waals surface area contributed by atoms with Crippen molar-refractivity contribution in [1.29, 1.82) is 0 Å². The molecular formula is C15H12N4. The Morgan fingerprint density at radius 1 is 0.842 bits per heavy atom. The van der Waals surface area contributed by atoms with Crippen molar-refractivity contribution in [1.82, 2.24) is 19.9 Å². The maximum atomic E-state index is 4.35. The maximum absolute atomic E-state index is 4.35. The molecule has 4 heteroatoms. The van der Waals surface area contributed by atoms with E-state index >= 15 is 0 Å². The van der Waals surface area contributed by atoms with Crippen molar-refractivity contribution in [2.75, 3.05) is 0 Å². The fraction of sp³-hybridized carbons (Fsp3) is 0.0667. The van der Waals surface area contributed by atoms with Gasteiger partial charge in [-0.2, -0.15) is 0 Å². The Balaban J connectivity index is 2.06. The van der Waals surface area contributed by atoms with Crippen LogP contribution >= 0.6 is 0 Å². The topological polar surface area (TPSA) is 51.6 Å². The van der Waals surface area contributed by atoms with Crippen LogP contribution in [0.1, 0.15) is 5.82 Å². The third-order valence-corrected chi connectivity index (χ3v) is 2.77. The molecule has 0 fully saturated rings. The highest BCUT2D eigenvalue weighted by molar-refractivity contribution is 5.67. The van der Waals surface area contributed by atoms with Crippen molar-refractivity contribution < 1.29 is 0 Å². The molecule has 0 unspecified atom stereocenters. The summed E-state index contributed by atoms with van der Waals surface area (Å²) in [5, 5.41) is 0. The van der Waals surface area contributed by atoms with Crippen LogP contribution in [0.4, 0.5) is 0 Å². The summed E-state index contributed by atoms with van der Waals surface area (Å²) in [6, 6.07) is 13.9. The summed E-state index contributed by atoms with van der Waals surface area (Å²) in [7, 11) is 0. The predicted octanol–water partition coefficient (Wildman–Crippen LogP) is 2.91. The van der Waals surface area contributed by atoms with Gasteiger partial charge in [-0.25, -0.2) is 15.0 Å². The number of aromatic nitrogens is 4. The molecule has 0 aliphatic heterocycles. The lowest BCUT2D eigenvalue weighted by molar-refractivity contribution is 0.983. The van der Waals surface area contributed by atoms with Gasteiger partial charge < -0.3 is 0 Å². The van der Waals surface area contributed by atoms with Crippen LogP contribution < -0.4 is 0 Å². The average molecular weight is 248 g/mol. The number of rotatable bonds is 2. The molecule has 2 aromatic heterocycles. The van der Waals surface area contributed by atoms with Gasteiger partial charge in [-0.1, -0.05) is 24.3 Å². The van der Waals surface area contributed by atoms with Crippen LogP contribution in [0.3, 0.4) is 0 Å². The van der Waals surface area contributed by atoms with Crippen molar-refractivity contribution in [2.45, 2.75) is 6.92 Å². The molecule has 0 aliphatic carbocycles. The standard InChI is InChI=1S/C15H12N4/c1-11-17-10-18-15(19-11)13-6-4-5-12(9-13)14-7-2-3-8-16-14/h2-10H,1H3. The molecule has 0 amide bonds. The summed E-state index contributed by atoms with van der Waals surface area (Å²) < 4.78 is 0. The first-order valence-corrected chi connectivity index (χ1v) is 6.00. The number of aryl methyl sites for hydroxylation is 1. The van der Waals surface area contributed by atoms with Gasteiger partial charge in [0, 0.05) is 17.3 Å². The van der Waals surface area contributed by atoms with E-state index in [0.717, 1.165) is 16.8 Å². The van der Waals surface area contributed by atoms with E-state index in [1.54, 1.807) is 6.20 Å². The minimum Gasteiger partial charge on any atom is -0.256 e. The maximum Gasteiger partial charge on any atom is 0.162 e. The molecule has 0 N–H and O–H groups in total. The molecule has 92 valence electrons. The van der Waals surface area contributed by atoms with Crippen molar-refractivity contribution in [3.63, 3.8) is 0 Å². The van der Waals surface area contributed by atoms with Crippen LogP contribution in [0, 0.1) is 6.92 Å². The zero-order valence-electron chi connectivity index (χ0n) is 10.5. The fourth-order valence-corrected chi connectivity index (χ4v) is 1.87. The predicted molar refractivity (Wildman–Crippen MR) is 73.2 cm³/mol. The van der Waals surface area contributed by atoms with E-state index in [0.29, 0.717) is 11.6 Å². The number of pyridine rings is 1. The number of benzene rings is 1. The Labute approximate surface area is 111 Å². The zero-order chi connectivity index (χ0) is 13.1. The monoisotopic (exact) mass is 248 g/mol. The number of hydrogen-bond acceptors (Lipinski definition) is 4. The Morgan fingerprint density at radius 2 is 1.74 bits per heavy atom. The summed E-state index contributed by atoms with van der Waals surface area (Å²) >= 11 is 0. The van der Waals surface area contributed by atoms with Gasteiger partial charge in [0.25, 0.3) is 0 Å². The lowest BCUT2D eigenvalue weighted by atomic mass is 10.1. The second-order valence-electron chi connectivity index (χ2n) is 4.15. The van der Waals surface area contributed by atoms with Gasteiger partial charge in [-0.3, -0.25) is 4.98 Å². The van der Waals surface area contributed by atoms with Crippen LogP contribution in [-0.4, -0.2) is 19.9 Å². The zero-order valence-corrected chi connectivity index (χ0v) is 10.5. The molecule has 2 heterocycles. The highest BCUT2D eigenvalue weighted by Gasteiger charge is 2.04. The third kappa shape index (κ3) is 2.47. The van der Waals surface area contributed by atoms with Crippen molar-refractivity contribution >= 4 is 0 Å². The smallest absolute Gasteiger partial charge is 0.162 e. The molecule has 0 radical (unpaired) electrons. The Kier molecular flexibility index (Phi) is 2.98. The van der Waals surface area contributed by atoms with Gasteiger partial charge >= 0.3 is 0 Å². The average Bonchev–Trinajstić information content (AvgIpc) is 2.48. The fourth-order valence-electron chi connectivity index (χ4n) is 1.87. The second-order valence-corrected chi connectivity index (χ2v) is 4.15. The van der Waals surface area contributed by atoms with Crippen molar-refractivity contribution in [2.24, 2.45) is 0 Å². The minimum absolute atomic E-state index is 0.685. The molecule has 0 aliphatic rings. The summed E-state index contributed by atoms with van der Waals surface area (Å²) in [6.45, 7) is 1.85. The second kappa shape index (κ2) is 4.94. The molecule has 0 atom stereocenters. The lowest BCUT2D eigenvalue weighted by Crippen LogP contribution is -1.94. The molecule has 19 heavy (non-hydrogen) atoms. The molecule has 3 rings (SSSR count). The molecule has 0 saturated heterocycles. The largest absolute Gasteiger partial charge is 0.256 e. The normalized spacial score (nSPS) is 10.4. The minimum atomic E-state index is 0.685. The summed E-state index contributed by atoms with van der Waals surface area (Å²) in [6.07, 6.45) is 3.32. The molecular weight excluding hydrogens is 236 g/mol. The van der Waals surface area contributed by atoms with Crippen LogP contribution in [0.2, 0.25) is 0 Å². The van der Waals surface area contributed by atoms with Crippen LogP contribution in [0.5, 0.6) is 0 Å². The van der Waals surface area contributed by atoms with Gasteiger partial charge in [-0.15, -0.1) is 0 Å². The van der Waals surface area contributed by atoms with E-state index in [-0.39, 0.29) is 0 Å². The van der Waals surface area contributed by atoms with Crippen molar-refractivity contribution in [3.05, 3.63) is 60.8 Å². The quantitative estimate of drug-likeness (QED) is 0.699.